The van der Waals surface area contributed by atoms with Gasteiger partial charge in [0.25, 0.3) is 5.91 Å². The molecule has 1 atom stereocenters. The molecular formula is C33H33FN4O5. The fourth-order valence-corrected chi connectivity index (χ4v) is 4.81. The Labute approximate surface area is 249 Å². The number of nitrogens with one attached hydrogen (secondary N) is 1. The van der Waals surface area contributed by atoms with Crippen LogP contribution in [0.3, 0.4) is 0 Å². The van der Waals surface area contributed by atoms with Crippen LogP contribution in [0.15, 0.2) is 79.1 Å². The SMILES string of the molecule is COC(=O)C[C@H](O)CC(=O)C=Cc1c(-c2ccc(F)cc2)c(-c2ccccc2)c(C(=O)NCc2ncccn2)n1C(C)C. The van der Waals surface area contributed by atoms with Crippen LogP contribution in [-0.4, -0.2) is 50.5 Å². The third-order valence-corrected chi connectivity index (χ3v) is 6.69. The van der Waals surface area contributed by atoms with Gasteiger partial charge in [-0.15, -0.1) is 0 Å². The average molecular weight is 585 g/mol. The molecule has 1 amide bonds. The van der Waals surface area contributed by atoms with Crippen molar-refractivity contribution in [2.75, 3.05) is 7.11 Å². The van der Waals surface area contributed by atoms with E-state index in [1.54, 1.807) is 36.7 Å². The number of halogens is 1. The van der Waals surface area contributed by atoms with E-state index in [2.05, 4.69) is 20.0 Å². The molecule has 4 rings (SSSR count). The van der Waals surface area contributed by atoms with Gasteiger partial charge in [-0.05, 0) is 55.3 Å². The maximum absolute atomic E-state index is 14.0. The summed E-state index contributed by atoms with van der Waals surface area (Å²) < 4.78 is 20.4. The van der Waals surface area contributed by atoms with Crippen molar-refractivity contribution in [1.29, 1.82) is 0 Å². The number of carbonyl (C=O) groups excluding carboxylic acids is 3. The molecule has 0 radical (unpaired) electrons. The summed E-state index contributed by atoms with van der Waals surface area (Å²) in [6.45, 7) is 3.92. The number of aromatic nitrogens is 3. The van der Waals surface area contributed by atoms with E-state index < -0.39 is 23.7 Å². The standard InChI is InChI=1S/C33H33FN4O5/c1-21(2)38-27(15-14-25(39)18-26(40)19-29(41)43-3)30(23-10-12-24(34)13-11-23)31(22-8-5-4-6-9-22)32(38)33(42)37-20-28-35-16-7-17-36-28/h4-17,21,26,40H,18-20H2,1-3H3,(H,37,42)/t26-/m1/s1. The number of ketones is 1. The van der Waals surface area contributed by atoms with E-state index in [-0.39, 0.29) is 31.3 Å². The Bertz CT molecular complexity index is 1600. The van der Waals surface area contributed by atoms with Gasteiger partial charge in [-0.2, -0.15) is 0 Å². The number of rotatable bonds is 12. The first-order valence-electron chi connectivity index (χ1n) is 13.8. The minimum atomic E-state index is -1.21. The summed E-state index contributed by atoms with van der Waals surface area (Å²) in [6.07, 6.45) is 4.28. The molecule has 0 aliphatic rings. The molecule has 2 aromatic heterocycles. The fourth-order valence-electron chi connectivity index (χ4n) is 4.81. The lowest BCUT2D eigenvalue weighted by Gasteiger charge is -2.17. The molecule has 43 heavy (non-hydrogen) atoms. The summed E-state index contributed by atoms with van der Waals surface area (Å²) >= 11 is 0. The second kappa shape index (κ2) is 14.3. The topological polar surface area (TPSA) is 123 Å². The van der Waals surface area contributed by atoms with Crippen molar-refractivity contribution in [1.82, 2.24) is 19.9 Å². The third kappa shape index (κ3) is 7.66. The van der Waals surface area contributed by atoms with E-state index >= 15 is 0 Å². The average Bonchev–Trinajstić information content (AvgIpc) is 3.35. The number of methoxy groups -OCH3 is 1. The zero-order chi connectivity index (χ0) is 30.9. The Morgan fingerprint density at radius 3 is 2.23 bits per heavy atom. The van der Waals surface area contributed by atoms with Crippen LogP contribution in [0.1, 0.15) is 54.7 Å². The zero-order valence-corrected chi connectivity index (χ0v) is 24.2. The minimum Gasteiger partial charge on any atom is -0.469 e. The maximum Gasteiger partial charge on any atom is 0.308 e. The van der Waals surface area contributed by atoms with Crippen molar-refractivity contribution in [2.24, 2.45) is 0 Å². The molecule has 0 unspecified atom stereocenters. The molecule has 0 spiro atoms. The van der Waals surface area contributed by atoms with Crippen molar-refractivity contribution >= 4 is 23.7 Å². The van der Waals surface area contributed by atoms with Gasteiger partial charge in [0.1, 0.15) is 17.3 Å². The zero-order valence-electron chi connectivity index (χ0n) is 24.2. The molecule has 0 fully saturated rings. The predicted molar refractivity (Wildman–Crippen MR) is 160 cm³/mol. The normalized spacial score (nSPS) is 12.0. The van der Waals surface area contributed by atoms with Crippen LogP contribution in [0.4, 0.5) is 4.39 Å². The molecule has 2 heterocycles. The molecule has 4 aromatic rings. The number of benzene rings is 2. The molecule has 2 aromatic carbocycles. The lowest BCUT2D eigenvalue weighted by atomic mass is 9.94. The molecule has 222 valence electrons. The summed E-state index contributed by atoms with van der Waals surface area (Å²) in [5.41, 5.74) is 3.49. The van der Waals surface area contributed by atoms with E-state index in [1.165, 1.54) is 25.3 Å². The van der Waals surface area contributed by atoms with E-state index in [1.807, 2.05) is 48.7 Å². The van der Waals surface area contributed by atoms with Gasteiger partial charge in [-0.3, -0.25) is 14.4 Å². The van der Waals surface area contributed by atoms with Crippen LogP contribution in [0.25, 0.3) is 28.3 Å². The molecule has 2 N–H and O–H groups in total. The molecule has 0 aliphatic carbocycles. The Balaban J connectivity index is 1.89. The quantitative estimate of drug-likeness (QED) is 0.174. The molecular weight excluding hydrogens is 551 g/mol. The number of aliphatic hydroxyl groups excluding tert-OH is 1. The van der Waals surface area contributed by atoms with Crippen LogP contribution in [0.5, 0.6) is 0 Å². The van der Waals surface area contributed by atoms with Crippen LogP contribution >= 0.6 is 0 Å². The van der Waals surface area contributed by atoms with Crippen LogP contribution in [0, 0.1) is 5.82 Å². The first-order chi connectivity index (χ1) is 20.7. The van der Waals surface area contributed by atoms with Gasteiger partial charge in [0, 0.05) is 36.0 Å². The number of allylic oxidation sites excluding steroid dienone is 1. The fraction of sp³-hybridized carbons (Fsp3) is 0.242. The van der Waals surface area contributed by atoms with E-state index in [4.69, 9.17) is 0 Å². The van der Waals surface area contributed by atoms with Crippen molar-refractivity contribution in [3.63, 3.8) is 0 Å². The first-order valence-corrected chi connectivity index (χ1v) is 13.8. The summed E-state index contributed by atoms with van der Waals surface area (Å²) in [5.74, 6) is -1.41. The highest BCUT2D eigenvalue weighted by molar-refractivity contribution is 6.07. The highest BCUT2D eigenvalue weighted by Crippen LogP contribution is 2.42. The summed E-state index contributed by atoms with van der Waals surface area (Å²) in [6, 6.07) is 16.7. The Hall–Kier alpha value is -4.96. The molecule has 0 bridgehead atoms. The van der Waals surface area contributed by atoms with Gasteiger partial charge < -0.3 is 19.7 Å². The largest absolute Gasteiger partial charge is 0.469 e. The van der Waals surface area contributed by atoms with Gasteiger partial charge in [0.15, 0.2) is 5.78 Å². The van der Waals surface area contributed by atoms with Crippen molar-refractivity contribution in [2.45, 2.75) is 45.4 Å². The van der Waals surface area contributed by atoms with Gasteiger partial charge in [-0.1, -0.05) is 42.5 Å². The lowest BCUT2D eigenvalue weighted by molar-refractivity contribution is -0.143. The monoisotopic (exact) mass is 584 g/mol. The lowest BCUT2D eigenvalue weighted by Crippen LogP contribution is -2.27. The molecule has 0 aliphatic heterocycles. The van der Waals surface area contributed by atoms with Crippen molar-refractivity contribution < 1.29 is 28.6 Å². The Morgan fingerprint density at radius 2 is 1.60 bits per heavy atom. The first kappa shape index (κ1) is 31.0. The molecule has 0 saturated heterocycles. The van der Waals surface area contributed by atoms with E-state index in [9.17, 15) is 23.9 Å². The van der Waals surface area contributed by atoms with Crippen LogP contribution < -0.4 is 5.32 Å². The smallest absolute Gasteiger partial charge is 0.308 e. The molecule has 10 heteroatoms. The number of amides is 1. The van der Waals surface area contributed by atoms with Crippen LogP contribution in [-0.2, 0) is 20.9 Å². The second-order valence-electron chi connectivity index (χ2n) is 10.1. The number of hydrogen-bond donors (Lipinski definition) is 2. The summed E-state index contributed by atoms with van der Waals surface area (Å²) in [7, 11) is 1.21. The summed E-state index contributed by atoms with van der Waals surface area (Å²) in [5, 5.41) is 13.1. The number of hydrogen-bond acceptors (Lipinski definition) is 7. The predicted octanol–water partition coefficient (Wildman–Crippen LogP) is 5.16. The van der Waals surface area contributed by atoms with Gasteiger partial charge >= 0.3 is 5.97 Å². The number of carbonyl (C=O) groups is 3. The second-order valence-corrected chi connectivity index (χ2v) is 10.1. The number of esters is 1. The van der Waals surface area contributed by atoms with Crippen molar-refractivity contribution in [3.8, 4) is 22.3 Å². The Kier molecular flexibility index (Phi) is 10.3. The molecule has 0 saturated carbocycles. The number of ether oxygens (including phenoxy) is 1. The van der Waals surface area contributed by atoms with Crippen LogP contribution in [0.2, 0.25) is 0 Å². The van der Waals surface area contributed by atoms with E-state index in [0.29, 0.717) is 33.9 Å². The number of aliphatic hydroxyl groups is 1. The highest BCUT2D eigenvalue weighted by atomic mass is 19.1. The summed E-state index contributed by atoms with van der Waals surface area (Å²) in [4.78, 5) is 46.8. The number of nitrogens with zero attached hydrogens (tertiary/aromatic N) is 3. The van der Waals surface area contributed by atoms with E-state index in [0.717, 1.165) is 5.56 Å². The highest BCUT2D eigenvalue weighted by Gasteiger charge is 2.29. The van der Waals surface area contributed by atoms with Gasteiger partial charge in [0.2, 0.25) is 0 Å². The maximum atomic E-state index is 14.0. The van der Waals surface area contributed by atoms with Gasteiger partial charge in [0.05, 0.1) is 31.9 Å². The molecule has 9 nitrogen and oxygen atoms in total. The third-order valence-electron chi connectivity index (χ3n) is 6.69. The van der Waals surface area contributed by atoms with Crippen molar-refractivity contribution in [3.05, 3.63) is 102 Å². The minimum absolute atomic E-state index is 0.0881. The Morgan fingerprint density at radius 1 is 0.953 bits per heavy atom. The van der Waals surface area contributed by atoms with Gasteiger partial charge in [-0.25, -0.2) is 14.4 Å².